The minimum absolute atomic E-state index is 0.108. The highest BCUT2D eigenvalue weighted by molar-refractivity contribution is 6.40. The first-order chi connectivity index (χ1) is 16.0. The molecule has 4 aromatic rings. The fourth-order valence-corrected chi connectivity index (χ4v) is 4.65. The number of piperidine rings is 1. The molecule has 33 heavy (non-hydrogen) atoms. The molecule has 0 saturated carbocycles. The number of anilines is 1. The Morgan fingerprint density at radius 2 is 1.97 bits per heavy atom. The molecule has 0 aliphatic carbocycles. The standard InChI is InChI=1S/C24H27N7O2/c1-15-9-11-30(13-16-6-4-3-5-7-16)14-19(15)31-20-17-8-10-26-21(17)27-12-18(20)22(29-31)28-24(33)23(32)25-2/h3-8,10,12,15,19H,9,11,13-14H2,1-2H3,(H,25,32)(H,26,27)(H,28,29,33)/t15-,19+/m1/s1. The number of hydrogen-bond donors (Lipinski definition) is 3. The number of fused-ring (bicyclic) bond motifs is 3. The predicted molar refractivity (Wildman–Crippen MR) is 127 cm³/mol. The molecule has 0 radical (unpaired) electrons. The van der Waals surface area contributed by atoms with Gasteiger partial charge < -0.3 is 15.6 Å². The molecule has 0 unspecified atom stereocenters. The van der Waals surface area contributed by atoms with Crippen LogP contribution >= 0.6 is 0 Å². The Morgan fingerprint density at radius 1 is 1.15 bits per heavy atom. The Labute approximate surface area is 191 Å². The van der Waals surface area contributed by atoms with Gasteiger partial charge in [0.1, 0.15) is 5.65 Å². The number of rotatable bonds is 4. The van der Waals surface area contributed by atoms with E-state index in [2.05, 4.69) is 56.7 Å². The minimum atomic E-state index is -0.749. The van der Waals surface area contributed by atoms with Crippen LogP contribution in [0.25, 0.3) is 21.9 Å². The van der Waals surface area contributed by atoms with Gasteiger partial charge in [-0.2, -0.15) is 5.10 Å². The van der Waals surface area contributed by atoms with Gasteiger partial charge in [-0.25, -0.2) is 4.98 Å². The number of pyridine rings is 1. The number of likely N-dealkylation sites (N-methyl/N-ethyl adjacent to an activating group) is 1. The van der Waals surface area contributed by atoms with Gasteiger partial charge in [0.15, 0.2) is 5.82 Å². The smallest absolute Gasteiger partial charge is 0.314 e. The fraction of sp³-hybridized carbons (Fsp3) is 0.333. The predicted octanol–water partition coefficient (Wildman–Crippen LogP) is 2.68. The number of amides is 2. The summed E-state index contributed by atoms with van der Waals surface area (Å²) in [6.07, 6.45) is 4.59. The fourth-order valence-electron chi connectivity index (χ4n) is 4.65. The molecule has 1 fully saturated rings. The molecule has 9 nitrogen and oxygen atoms in total. The Balaban J connectivity index is 1.55. The highest BCUT2D eigenvalue weighted by Gasteiger charge is 2.31. The van der Waals surface area contributed by atoms with Crippen LogP contribution in [0.5, 0.6) is 0 Å². The minimum Gasteiger partial charge on any atom is -0.351 e. The average Bonchev–Trinajstić information content (AvgIpc) is 3.45. The van der Waals surface area contributed by atoms with Crippen molar-refractivity contribution in [3.05, 3.63) is 54.4 Å². The summed E-state index contributed by atoms with van der Waals surface area (Å²) in [5.74, 6) is -0.722. The van der Waals surface area contributed by atoms with Crippen molar-refractivity contribution in [1.29, 1.82) is 0 Å². The molecule has 2 atom stereocenters. The third-order valence-corrected chi connectivity index (χ3v) is 6.48. The van der Waals surface area contributed by atoms with Gasteiger partial charge in [0.25, 0.3) is 0 Å². The molecule has 1 aliphatic rings. The van der Waals surface area contributed by atoms with Gasteiger partial charge in [-0.15, -0.1) is 0 Å². The summed E-state index contributed by atoms with van der Waals surface area (Å²) in [4.78, 5) is 34.2. The summed E-state index contributed by atoms with van der Waals surface area (Å²) in [5, 5.41) is 11.5. The summed E-state index contributed by atoms with van der Waals surface area (Å²) in [5.41, 5.74) is 2.95. The lowest BCUT2D eigenvalue weighted by molar-refractivity contribution is -0.135. The van der Waals surface area contributed by atoms with Crippen molar-refractivity contribution < 1.29 is 9.59 Å². The van der Waals surface area contributed by atoms with E-state index < -0.39 is 11.8 Å². The largest absolute Gasteiger partial charge is 0.351 e. The number of aromatic amines is 1. The van der Waals surface area contributed by atoms with E-state index in [4.69, 9.17) is 5.10 Å². The molecule has 1 aromatic carbocycles. The van der Waals surface area contributed by atoms with Crippen LogP contribution in [0.4, 0.5) is 5.82 Å². The molecule has 4 heterocycles. The molecule has 1 aliphatic heterocycles. The van der Waals surface area contributed by atoms with Crippen molar-refractivity contribution in [2.45, 2.75) is 25.9 Å². The van der Waals surface area contributed by atoms with E-state index in [9.17, 15) is 9.59 Å². The molecule has 3 N–H and O–H groups in total. The summed E-state index contributed by atoms with van der Waals surface area (Å²) in [6.45, 7) is 4.98. The number of hydrogen-bond acceptors (Lipinski definition) is 5. The van der Waals surface area contributed by atoms with Gasteiger partial charge in [0.2, 0.25) is 0 Å². The Morgan fingerprint density at radius 3 is 2.76 bits per heavy atom. The molecule has 0 spiro atoms. The quantitative estimate of drug-likeness (QED) is 0.419. The summed E-state index contributed by atoms with van der Waals surface area (Å²) in [6, 6.07) is 12.6. The van der Waals surface area contributed by atoms with Gasteiger partial charge >= 0.3 is 11.8 Å². The van der Waals surface area contributed by atoms with Crippen LogP contribution in [-0.2, 0) is 16.1 Å². The van der Waals surface area contributed by atoms with E-state index >= 15 is 0 Å². The normalized spacial score (nSPS) is 19.1. The van der Waals surface area contributed by atoms with E-state index in [1.165, 1.54) is 12.6 Å². The number of likely N-dealkylation sites (tertiary alicyclic amines) is 1. The van der Waals surface area contributed by atoms with Crippen molar-refractivity contribution in [2.75, 3.05) is 25.5 Å². The van der Waals surface area contributed by atoms with E-state index in [1.807, 2.05) is 23.0 Å². The topological polar surface area (TPSA) is 108 Å². The number of carbonyl (C=O) groups is 2. The number of H-pyrrole nitrogens is 1. The summed E-state index contributed by atoms with van der Waals surface area (Å²) < 4.78 is 2.02. The first-order valence-corrected chi connectivity index (χ1v) is 11.2. The molecule has 170 valence electrons. The lowest BCUT2D eigenvalue weighted by Crippen LogP contribution is -2.40. The number of nitrogens with zero attached hydrogens (tertiary/aromatic N) is 4. The highest BCUT2D eigenvalue weighted by atomic mass is 16.2. The lowest BCUT2D eigenvalue weighted by Gasteiger charge is -2.37. The Kier molecular flexibility index (Phi) is 5.55. The van der Waals surface area contributed by atoms with Crippen LogP contribution in [0, 0.1) is 5.92 Å². The molecule has 0 bridgehead atoms. The molecule has 1 saturated heterocycles. The van der Waals surface area contributed by atoms with Crippen molar-refractivity contribution in [1.82, 2.24) is 30.0 Å². The van der Waals surface area contributed by atoms with Crippen LogP contribution in [-0.4, -0.2) is 56.6 Å². The second kappa shape index (κ2) is 8.67. The first kappa shape index (κ1) is 21.1. The third kappa shape index (κ3) is 3.95. The summed E-state index contributed by atoms with van der Waals surface area (Å²) >= 11 is 0. The second-order valence-corrected chi connectivity index (χ2v) is 8.64. The molecule has 5 rings (SSSR count). The van der Waals surface area contributed by atoms with Crippen molar-refractivity contribution in [2.24, 2.45) is 5.92 Å². The molecular formula is C24H27N7O2. The van der Waals surface area contributed by atoms with Crippen molar-refractivity contribution >= 4 is 39.6 Å². The monoisotopic (exact) mass is 445 g/mol. The van der Waals surface area contributed by atoms with Crippen molar-refractivity contribution in [3.63, 3.8) is 0 Å². The maximum Gasteiger partial charge on any atom is 0.314 e. The van der Waals surface area contributed by atoms with Crippen LogP contribution in [0.2, 0.25) is 0 Å². The number of nitrogens with one attached hydrogen (secondary N) is 3. The second-order valence-electron chi connectivity index (χ2n) is 8.64. The van der Waals surface area contributed by atoms with Gasteiger partial charge in [-0.3, -0.25) is 19.2 Å². The molecule has 2 amide bonds. The third-order valence-electron chi connectivity index (χ3n) is 6.48. The van der Waals surface area contributed by atoms with Gasteiger partial charge in [-0.05, 0) is 30.5 Å². The van der Waals surface area contributed by atoms with Gasteiger partial charge in [0, 0.05) is 37.9 Å². The van der Waals surface area contributed by atoms with E-state index in [0.29, 0.717) is 17.1 Å². The van der Waals surface area contributed by atoms with E-state index in [-0.39, 0.29) is 6.04 Å². The van der Waals surface area contributed by atoms with E-state index in [0.717, 1.165) is 42.6 Å². The maximum absolute atomic E-state index is 12.3. The first-order valence-electron chi connectivity index (χ1n) is 11.2. The zero-order valence-corrected chi connectivity index (χ0v) is 18.7. The lowest BCUT2D eigenvalue weighted by atomic mass is 9.93. The van der Waals surface area contributed by atoms with Gasteiger partial charge in [0.05, 0.1) is 16.9 Å². The van der Waals surface area contributed by atoms with Crippen molar-refractivity contribution in [3.8, 4) is 0 Å². The SMILES string of the molecule is CNC(=O)C(=O)Nc1nn([C@H]2CN(Cc3ccccc3)CC[C@H]2C)c2c1cnc1[nH]ccc12. The Bertz CT molecular complexity index is 1310. The molecule has 9 heteroatoms. The van der Waals surface area contributed by atoms with Crippen LogP contribution in [0.15, 0.2) is 48.8 Å². The van der Waals surface area contributed by atoms with E-state index in [1.54, 1.807) is 6.20 Å². The van der Waals surface area contributed by atoms with Crippen LogP contribution in [0.3, 0.4) is 0 Å². The molecule has 3 aromatic heterocycles. The zero-order valence-electron chi connectivity index (χ0n) is 18.7. The average molecular weight is 446 g/mol. The Hall–Kier alpha value is -3.72. The highest BCUT2D eigenvalue weighted by Crippen LogP contribution is 2.36. The molecular weight excluding hydrogens is 418 g/mol. The maximum atomic E-state index is 12.3. The number of benzene rings is 1. The number of aromatic nitrogens is 4. The van der Waals surface area contributed by atoms with Gasteiger partial charge in [-0.1, -0.05) is 37.3 Å². The summed E-state index contributed by atoms with van der Waals surface area (Å²) in [7, 11) is 1.43. The number of carbonyl (C=O) groups excluding carboxylic acids is 2. The van der Waals surface area contributed by atoms with Crippen LogP contribution < -0.4 is 10.6 Å². The van der Waals surface area contributed by atoms with Crippen LogP contribution in [0.1, 0.15) is 24.9 Å². The zero-order chi connectivity index (χ0) is 22.9.